The number of rotatable bonds is 3. The van der Waals surface area contributed by atoms with Gasteiger partial charge >= 0.3 is 0 Å². The van der Waals surface area contributed by atoms with Gasteiger partial charge in [0.25, 0.3) is 0 Å². The second-order valence-electron chi connectivity index (χ2n) is 6.59. The number of para-hydroxylation sites is 1. The number of anilines is 1. The highest BCUT2D eigenvalue weighted by atomic mass is 16.2. The quantitative estimate of drug-likeness (QED) is 0.903. The third kappa shape index (κ3) is 2.68. The predicted molar refractivity (Wildman–Crippen MR) is 89.6 cm³/mol. The first kappa shape index (κ1) is 14.9. The van der Waals surface area contributed by atoms with Crippen LogP contribution in [0.5, 0.6) is 0 Å². The van der Waals surface area contributed by atoms with Crippen molar-refractivity contribution in [3.8, 4) is 0 Å². The van der Waals surface area contributed by atoms with Crippen LogP contribution in [0.2, 0.25) is 0 Å². The van der Waals surface area contributed by atoms with Crippen molar-refractivity contribution in [3.05, 3.63) is 47.5 Å². The fraction of sp³-hybridized carbons (Fsp3) is 0.389. The number of aromatic nitrogens is 2. The Balaban J connectivity index is 1.40. The molecule has 2 N–H and O–H groups in total. The molecule has 124 valence electrons. The van der Waals surface area contributed by atoms with Crippen molar-refractivity contribution in [3.63, 3.8) is 0 Å². The molecule has 0 aliphatic carbocycles. The van der Waals surface area contributed by atoms with Crippen molar-refractivity contribution < 1.29 is 9.59 Å². The van der Waals surface area contributed by atoms with E-state index in [2.05, 4.69) is 20.2 Å². The second-order valence-corrected chi connectivity index (χ2v) is 6.59. The highest BCUT2D eigenvalue weighted by molar-refractivity contribution is 6.04. The molecule has 2 aromatic rings. The average Bonchev–Trinajstić information content (AvgIpc) is 3.06. The lowest BCUT2D eigenvalue weighted by atomic mass is 9.96. The first-order chi connectivity index (χ1) is 11.6. The van der Waals surface area contributed by atoms with Gasteiger partial charge in [-0.15, -0.1) is 0 Å². The molecule has 24 heavy (non-hydrogen) atoms. The summed E-state index contributed by atoms with van der Waals surface area (Å²) in [6.07, 6.45) is 3.96. The normalized spacial score (nSPS) is 21.8. The fourth-order valence-electron chi connectivity index (χ4n) is 3.65. The van der Waals surface area contributed by atoms with E-state index in [0.717, 1.165) is 42.2 Å². The minimum Gasteiger partial charge on any atom is -0.352 e. The zero-order chi connectivity index (χ0) is 16.7. The fourth-order valence-corrected chi connectivity index (χ4v) is 3.65. The lowest BCUT2D eigenvalue weighted by Gasteiger charge is -2.25. The van der Waals surface area contributed by atoms with Crippen LogP contribution in [0.25, 0.3) is 0 Å². The molecule has 3 heterocycles. The highest BCUT2D eigenvalue weighted by Gasteiger charge is 2.32. The molecule has 2 amide bonds. The monoisotopic (exact) mass is 324 g/mol. The Kier molecular flexibility index (Phi) is 3.59. The molecule has 0 radical (unpaired) electrons. The lowest BCUT2D eigenvalue weighted by molar-refractivity contribution is -0.125. The van der Waals surface area contributed by atoms with E-state index in [-0.39, 0.29) is 24.3 Å². The highest BCUT2D eigenvalue weighted by Crippen LogP contribution is 2.34. The lowest BCUT2D eigenvalue weighted by Crippen LogP contribution is -2.41. The topological polar surface area (TPSA) is 76.0 Å². The third-order valence-corrected chi connectivity index (χ3v) is 4.78. The van der Waals surface area contributed by atoms with Gasteiger partial charge in [0, 0.05) is 37.3 Å². The molecule has 0 spiro atoms. The maximum Gasteiger partial charge on any atom is 0.232 e. The van der Waals surface area contributed by atoms with Crippen LogP contribution in [-0.2, 0) is 22.6 Å². The molecule has 1 aromatic carbocycles. The second kappa shape index (κ2) is 5.78. The molecule has 6 nitrogen and oxygen atoms in total. The molecule has 1 aromatic heterocycles. The Morgan fingerprint density at radius 3 is 3.12 bits per heavy atom. The molecule has 2 aliphatic heterocycles. The van der Waals surface area contributed by atoms with Crippen molar-refractivity contribution in [2.45, 2.75) is 44.7 Å². The van der Waals surface area contributed by atoms with E-state index in [0.29, 0.717) is 0 Å². The number of aryl methyl sites for hydroxylation is 2. The van der Waals surface area contributed by atoms with Crippen LogP contribution in [0.1, 0.15) is 35.8 Å². The molecule has 0 bridgehead atoms. The van der Waals surface area contributed by atoms with Crippen LogP contribution in [0.15, 0.2) is 30.5 Å². The van der Waals surface area contributed by atoms with Crippen LogP contribution in [0.4, 0.5) is 5.69 Å². The van der Waals surface area contributed by atoms with Crippen LogP contribution < -0.4 is 10.6 Å². The minimum absolute atomic E-state index is 0.0721. The minimum atomic E-state index is -0.393. The van der Waals surface area contributed by atoms with Gasteiger partial charge in [0.1, 0.15) is 5.82 Å². The molecular weight excluding hydrogens is 304 g/mol. The molecule has 2 aliphatic rings. The Hall–Kier alpha value is -2.63. The zero-order valence-corrected chi connectivity index (χ0v) is 13.6. The summed E-state index contributed by atoms with van der Waals surface area (Å²) in [6, 6.07) is 7.66. The molecule has 2 atom stereocenters. The van der Waals surface area contributed by atoms with E-state index in [1.165, 1.54) is 0 Å². The first-order valence-corrected chi connectivity index (χ1v) is 8.32. The van der Waals surface area contributed by atoms with Gasteiger partial charge in [-0.25, -0.2) is 4.98 Å². The summed E-state index contributed by atoms with van der Waals surface area (Å²) in [4.78, 5) is 29.0. The van der Waals surface area contributed by atoms with Gasteiger partial charge in [-0.05, 0) is 25.0 Å². The summed E-state index contributed by atoms with van der Waals surface area (Å²) in [5.41, 5.74) is 2.74. The van der Waals surface area contributed by atoms with E-state index in [1.807, 2.05) is 37.4 Å². The van der Waals surface area contributed by atoms with Crippen LogP contribution >= 0.6 is 0 Å². The summed E-state index contributed by atoms with van der Waals surface area (Å²) in [6.45, 7) is 2.73. The standard InChI is InChI=1S/C18H20N4O2/c1-11-9-22-10-12(6-7-16(22)19-11)20-17(23)8-14-13-4-2-3-5-15(13)21-18(14)24/h2-5,9,12,14H,6-8,10H2,1H3,(H,20,23)(H,21,24)/t12-,14+/m0/s1. The van der Waals surface area contributed by atoms with Crippen molar-refractivity contribution in [2.24, 2.45) is 0 Å². The van der Waals surface area contributed by atoms with Crippen LogP contribution in [0, 0.1) is 6.92 Å². The van der Waals surface area contributed by atoms with Gasteiger partial charge < -0.3 is 15.2 Å². The number of nitrogens with one attached hydrogen (secondary N) is 2. The molecule has 0 unspecified atom stereocenters. The van der Waals surface area contributed by atoms with Gasteiger partial charge in [0.05, 0.1) is 11.6 Å². The molecular formula is C18H20N4O2. The maximum atomic E-state index is 12.4. The summed E-state index contributed by atoms with van der Waals surface area (Å²) in [7, 11) is 0. The van der Waals surface area contributed by atoms with Crippen molar-refractivity contribution in [2.75, 3.05) is 5.32 Å². The number of carbonyl (C=O) groups is 2. The Labute approximate surface area is 140 Å². The number of amides is 2. The number of benzene rings is 1. The summed E-state index contributed by atoms with van der Waals surface area (Å²) in [5.74, 6) is 0.526. The number of fused-ring (bicyclic) bond motifs is 2. The predicted octanol–water partition coefficient (Wildman–Crippen LogP) is 1.75. The van der Waals surface area contributed by atoms with Crippen molar-refractivity contribution in [1.82, 2.24) is 14.9 Å². The average molecular weight is 324 g/mol. The summed E-state index contributed by atoms with van der Waals surface area (Å²) >= 11 is 0. The molecule has 0 fully saturated rings. The van der Waals surface area contributed by atoms with Crippen LogP contribution in [0.3, 0.4) is 0 Å². The van der Waals surface area contributed by atoms with Gasteiger partial charge in [-0.2, -0.15) is 0 Å². The van der Waals surface area contributed by atoms with Crippen LogP contribution in [-0.4, -0.2) is 27.4 Å². The van der Waals surface area contributed by atoms with Gasteiger partial charge in [-0.3, -0.25) is 9.59 Å². The number of carbonyl (C=O) groups excluding carboxylic acids is 2. The maximum absolute atomic E-state index is 12.4. The van der Waals surface area contributed by atoms with E-state index >= 15 is 0 Å². The summed E-state index contributed by atoms with van der Waals surface area (Å²) < 4.78 is 2.11. The van der Waals surface area contributed by atoms with Gasteiger partial charge in [-0.1, -0.05) is 18.2 Å². The number of hydrogen-bond acceptors (Lipinski definition) is 3. The Morgan fingerprint density at radius 2 is 2.25 bits per heavy atom. The number of imidazole rings is 1. The molecule has 0 saturated carbocycles. The first-order valence-electron chi connectivity index (χ1n) is 8.32. The van der Waals surface area contributed by atoms with E-state index in [4.69, 9.17) is 0 Å². The summed E-state index contributed by atoms with van der Waals surface area (Å²) in [5, 5.41) is 5.92. The third-order valence-electron chi connectivity index (χ3n) is 4.78. The molecule has 6 heteroatoms. The SMILES string of the molecule is Cc1cn2c(n1)CC[C@H](NC(=O)C[C@H]1C(=O)Nc3ccccc31)C2. The van der Waals surface area contributed by atoms with Crippen molar-refractivity contribution in [1.29, 1.82) is 0 Å². The molecule has 4 rings (SSSR count). The molecule has 0 saturated heterocycles. The Morgan fingerprint density at radius 1 is 1.42 bits per heavy atom. The Bertz CT molecular complexity index is 811. The van der Waals surface area contributed by atoms with E-state index in [1.54, 1.807) is 0 Å². The number of hydrogen-bond donors (Lipinski definition) is 2. The zero-order valence-electron chi connectivity index (χ0n) is 13.6. The largest absolute Gasteiger partial charge is 0.352 e. The van der Waals surface area contributed by atoms with E-state index in [9.17, 15) is 9.59 Å². The van der Waals surface area contributed by atoms with Gasteiger partial charge in [0.15, 0.2) is 0 Å². The van der Waals surface area contributed by atoms with Crippen molar-refractivity contribution >= 4 is 17.5 Å². The van der Waals surface area contributed by atoms with E-state index < -0.39 is 5.92 Å². The smallest absolute Gasteiger partial charge is 0.232 e. The number of nitrogens with zero attached hydrogens (tertiary/aromatic N) is 2. The van der Waals surface area contributed by atoms with Gasteiger partial charge in [0.2, 0.25) is 11.8 Å².